The maximum atomic E-state index is 13.4. The number of para-hydroxylation sites is 1. The predicted molar refractivity (Wildman–Crippen MR) is 116 cm³/mol. The van der Waals surface area contributed by atoms with Crippen LogP contribution in [0.15, 0.2) is 40.5 Å². The van der Waals surface area contributed by atoms with E-state index in [0.717, 1.165) is 11.4 Å². The van der Waals surface area contributed by atoms with Crippen molar-refractivity contribution in [2.45, 2.75) is 59.3 Å². The molecule has 0 aromatic heterocycles. The van der Waals surface area contributed by atoms with Gasteiger partial charge in [0.15, 0.2) is 12.4 Å². The Bertz CT molecular complexity index is 1030. The van der Waals surface area contributed by atoms with Gasteiger partial charge in [0.25, 0.3) is 0 Å². The van der Waals surface area contributed by atoms with Crippen LogP contribution < -0.4 is 4.74 Å². The van der Waals surface area contributed by atoms with Crippen molar-refractivity contribution in [3.63, 3.8) is 0 Å². The summed E-state index contributed by atoms with van der Waals surface area (Å²) in [7, 11) is 0. The highest BCUT2D eigenvalue weighted by molar-refractivity contribution is 6.13. The van der Waals surface area contributed by atoms with E-state index in [1.54, 1.807) is 12.1 Å². The number of Topliss-reactive ketones (excluding diaryl/α,β-unsaturated/α-hetero) is 2. The van der Waals surface area contributed by atoms with Crippen LogP contribution in [-0.2, 0) is 14.4 Å². The molecule has 1 saturated carbocycles. The molecule has 1 fully saturated rings. The lowest BCUT2D eigenvalue weighted by molar-refractivity contribution is -0.139. The molecule has 1 N–H and O–H groups in total. The summed E-state index contributed by atoms with van der Waals surface area (Å²) in [4.78, 5) is 42.7. The van der Waals surface area contributed by atoms with Crippen LogP contribution in [0.2, 0.25) is 0 Å². The Morgan fingerprint density at radius 1 is 1.03 bits per heavy atom. The van der Waals surface area contributed by atoms with Crippen LogP contribution in [0.5, 0.6) is 5.75 Å². The summed E-state index contributed by atoms with van der Waals surface area (Å²) in [5, 5.41) is 9.09. The number of carboxylic acid groups (broad SMARTS) is 1. The minimum atomic E-state index is -1.08. The number of nitrogens with zero attached hydrogens (tertiary/aromatic N) is 1. The average Bonchev–Trinajstić information content (AvgIpc) is 2.62. The fourth-order valence-electron chi connectivity index (χ4n) is 5.36. The number of carboxylic acids is 1. The molecule has 2 aliphatic carbocycles. The smallest absolute Gasteiger partial charge is 0.341 e. The zero-order valence-corrected chi connectivity index (χ0v) is 18.5. The molecule has 3 aliphatic rings. The lowest BCUT2D eigenvalue weighted by atomic mass is 9.60. The van der Waals surface area contributed by atoms with Crippen LogP contribution in [0.4, 0.5) is 0 Å². The van der Waals surface area contributed by atoms with Crippen molar-refractivity contribution in [1.82, 2.24) is 0 Å². The standard InChI is InChI=1S/C25H29NO5/c1-24(2)9-15-22(17(27)11-24)21(14-7-5-6-8-19(14)31-13-20(29)30)23-16(26-15)10-25(3,4)12-18(23)28/h5-8,21-22H,9-13H2,1-4H3,(H,29,30)/t21-,22?/m0/s1. The van der Waals surface area contributed by atoms with E-state index < -0.39 is 24.4 Å². The topological polar surface area (TPSA) is 93.0 Å². The number of ether oxygens (including phenoxy) is 1. The summed E-state index contributed by atoms with van der Waals surface area (Å²) in [6.45, 7) is 7.79. The molecule has 31 heavy (non-hydrogen) atoms. The molecule has 4 rings (SSSR count). The largest absolute Gasteiger partial charge is 0.482 e. The van der Waals surface area contributed by atoms with Crippen molar-refractivity contribution in [3.05, 3.63) is 41.1 Å². The second-order valence-electron chi connectivity index (χ2n) is 10.6. The minimum Gasteiger partial charge on any atom is -0.482 e. The van der Waals surface area contributed by atoms with Gasteiger partial charge in [-0.05, 0) is 29.7 Å². The lowest BCUT2D eigenvalue weighted by Gasteiger charge is -2.44. The van der Waals surface area contributed by atoms with Crippen LogP contribution in [0.25, 0.3) is 0 Å². The molecule has 0 radical (unpaired) electrons. The van der Waals surface area contributed by atoms with Gasteiger partial charge < -0.3 is 9.84 Å². The Morgan fingerprint density at radius 2 is 1.71 bits per heavy atom. The summed E-state index contributed by atoms with van der Waals surface area (Å²) in [5.74, 6) is -1.57. The van der Waals surface area contributed by atoms with Gasteiger partial charge in [0.1, 0.15) is 11.5 Å². The Labute approximate surface area is 182 Å². The first-order valence-corrected chi connectivity index (χ1v) is 10.8. The van der Waals surface area contributed by atoms with E-state index in [0.29, 0.717) is 42.6 Å². The van der Waals surface area contributed by atoms with E-state index >= 15 is 0 Å². The van der Waals surface area contributed by atoms with Crippen molar-refractivity contribution in [1.29, 1.82) is 0 Å². The molecule has 1 heterocycles. The van der Waals surface area contributed by atoms with Gasteiger partial charge in [0, 0.05) is 41.3 Å². The van der Waals surface area contributed by atoms with Crippen molar-refractivity contribution in [2.24, 2.45) is 21.7 Å². The second kappa shape index (κ2) is 7.43. The number of hydrogen-bond donors (Lipinski definition) is 1. The van der Waals surface area contributed by atoms with E-state index in [2.05, 4.69) is 27.7 Å². The van der Waals surface area contributed by atoms with E-state index in [-0.39, 0.29) is 22.4 Å². The molecular formula is C25H29NO5. The summed E-state index contributed by atoms with van der Waals surface area (Å²) in [6, 6.07) is 7.16. The molecule has 6 heteroatoms. The highest BCUT2D eigenvalue weighted by Crippen LogP contribution is 2.52. The number of aliphatic imine (C=N–C) groups is 1. The molecule has 0 saturated heterocycles. The molecule has 1 aromatic rings. The first-order valence-electron chi connectivity index (χ1n) is 10.8. The molecular weight excluding hydrogens is 394 g/mol. The molecule has 1 unspecified atom stereocenters. The van der Waals surface area contributed by atoms with Gasteiger partial charge in [-0.3, -0.25) is 14.6 Å². The fraction of sp³-hybridized carbons (Fsp3) is 0.520. The number of fused-ring (bicyclic) bond motifs is 1. The normalized spacial score (nSPS) is 26.6. The zero-order chi connectivity index (χ0) is 22.6. The summed E-state index contributed by atoms with van der Waals surface area (Å²) in [5.41, 5.74) is 2.54. The average molecular weight is 424 g/mol. The van der Waals surface area contributed by atoms with Gasteiger partial charge in [-0.2, -0.15) is 0 Å². The van der Waals surface area contributed by atoms with Crippen molar-refractivity contribution < 1.29 is 24.2 Å². The highest BCUT2D eigenvalue weighted by atomic mass is 16.5. The number of aliphatic carboxylic acids is 1. The number of carbonyl (C=O) groups excluding carboxylic acids is 2. The zero-order valence-electron chi connectivity index (χ0n) is 18.5. The van der Waals surface area contributed by atoms with Gasteiger partial charge in [-0.15, -0.1) is 0 Å². The van der Waals surface area contributed by atoms with Crippen LogP contribution in [0.1, 0.15) is 64.9 Å². The van der Waals surface area contributed by atoms with Crippen LogP contribution >= 0.6 is 0 Å². The molecule has 6 nitrogen and oxygen atoms in total. The monoisotopic (exact) mass is 423 g/mol. The summed E-state index contributed by atoms with van der Waals surface area (Å²) < 4.78 is 5.58. The lowest BCUT2D eigenvalue weighted by Crippen LogP contribution is -2.45. The van der Waals surface area contributed by atoms with E-state index in [4.69, 9.17) is 14.8 Å². The first-order chi connectivity index (χ1) is 14.5. The first kappa shape index (κ1) is 21.5. The highest BCUT2D eigenvalue weighted by Gasteiger charge is 2.50. The number of carbonyl (C=O) groups is 3. The number of rotatable bonds is 4. The third kappa shape index (κ3) is 4.08. The second-order valence-corrected chi connectivity index (χ2v) is 10.6. The van der Waals surface area contributed by atoms with E-state index in [1.807, 2.05) is 12.1 Å². The quantitative estimate of drug-likeness (QED) is 0.778. The van der Waals surface area contributed by atoms with Crippen molar-refractivity contribution >= 4 is 23.2 Å². The van der Waals surface area contributed by atoms with Gasteiger partial charge in [-0.1, -0.05) is 45.9 Å². The van der Waals surface area contributed by atoms with Crippen molar-refractivity contribution in [2.75, 3.05) is 6.61 Å². The molecule has 164 valence electrons. The number of benzene rings is 1. The maximum absolute atomic E-state index is 13.4. The number of allylic oxidation sites excluding steroid dienone is 2. The van der Waals surface area contributed by atoms with Gasteiger partial charge >= 0.3 is 5.97 Å². The molecule has 1 aliphatic heterocycles. The van der Waals surface area contributed by atoms with Gasteiger partial charge in [0.05, 0.1) is 5.92 Å². The Balaban J connectivity index is 1.89. The third-order valence-electron chi connectivity index (χ3n) is 6.44. The van der Waals surface area contributed by atoms with Crippen molar-refractivity contribution in [3.8, 4) is 5.75 Å². The molecule has 1 aromatic carbocycles. The number of ketones is 2. The van der Waals surface area contributed by atoms with Gasteiger partial charge in [0.2, 0.25) is 0 Å². The predicted octanol–water partition coefficient (Wildman–Crippen LogP) is 4.34. The van der Waals surface area contributed by atoms with Gasteiger partial charge in [-0.25, -0.2) is 4.79 Å². The molecule has 0 spiro atoms. The summed E-state index contributed by atoms with van der Waals surface area (Å²) in [6.07, 6.45) is 2.20. The third-order valence-corrected chi connectivity index (χ3v) is 6.44. The summed E-state index contributed by atoms with van der Waals surface area (Å²) >= 11 is 0. The Hall–Kier alpha value is -2.76. The minimum absolute atomic E-state index is 0.0183. The molecule has 0 amide bonds. The van der Waals surface area contributed by atoms with Crippen LogP contribution in [0.3, 0.4) is 0 Å². The van der Waals surface area contributed by atoms with Crippen LogP contribution in [0, 0.1) is 16.7 Å². The fourth-order valence-corrected chi connectivity index (χ4v) is 5.36. The van der Waals surface area contributed by atoms with Crippen LogP contribution in [-0.4, -0.2) is 35.0 Å². The molecule has 0 bridgehead atoms. The SMILES string of the molecule is CC1(C)CC(=O)C2C(=NC3=C(C(=O)CC(C)(C)C3)[C@H]2c2ccccc2OCC(=O)O)C1. The Morgan fingerprint density at radius 3 is 2.42 bits per heavy atom. The number of hydrogen-bond acceptors (Lipinski definition) is 5. The van der Waals surface area contributed by atoms with E-state index in [1.165, 1.54) is 0 Å². The molecule has 2 atom stereocenters. The maximum Gasteiger partial charge on any atom is 0.341 e. The van der Waals surface area contributed by atoms with E-state index in [9.17, 15) is 14.4 Å². The Kier molecular flexibility index (Phi) is 5.15.